The van der Waals surface area contributed by atoms with Crippen molar-refractivity contribution in [3.8, 4) is 0 Å². The predicted molar refractivity (Wildman–Crippen MR) is 71.9 cm³/mol. The molecule has 0 saturated carbocycles. The predicted octanol–water partition coefficient (Wildman–Crippen LogP) is 4.02. The SMILES string of the molecule is CCCCNc1cc2cc([N+](=O)[O-])ccc2s1. The Kier molecular flexibility index (Phi) is 3.58. The molecule has 90 valence electrons. The Labute approximate surface area is 103 Å². The van der Waals surface area contributed by atoms with Gasteiger partial charge in [0, 0.05) is 28.8 Å². The van der Waals surface area contributed by atoms with E-state index in [4.69, 9.17) is 0 Å². The lowest BCUT2D eigenvalue weighted by Gasteiger charge is -1.99. The van der Waals surface area contributed by atoms with Crippen LogP contribution in [0.2, 0.25) is 0 Å². The van der Waals surface area contributed by atoms with Gasteiger partial charge in [-0.3, -0.25) is 10.1 Å². The second-order valence-electron chi connectivity index (χ2n) is 3.87. The molecule has 0 aliphatic heterocycles. The number of unbranched alkanes of at least 4 members (excludes halogenated alkanes) is 1. The van der Waals surface area contributed by atoms with Crippen LogP contribution in [-0.4, -0.2) is 11.5 Å². The number of nitro groups is 1. The summed E-state index contributed by atoms with van der Waals surface area (Å²) < 4.78 is 1.08. The standard InChI is InChI=1S/C12H14N2O2S/c1-2-3-6-13-12-8-9-7-10(14(15)16)4-5-11(9)17-12/h4-5,7-8,13H,2-3,6H2,1H3. The number of hydrogen-bond donors (Lipinski definition) is 1. The summed E-state index contributed by atoms with van der Waals surface area (Å²) >= 11 is 1.63. The first kappa shape index (κ1) is 11.9. The molecule has 2 rings (SSSR count). The highest BCUT2D eigenvalue weighted by atomic mass is 32.1. The van der Waals surface area contributed by atoms with Gasteiger partial charge in [-0.1, -0.05) is 13.3 Å². The maximum absolute atomic E-state index is 10.7. The van der Waals surface area contributed by atoms with Crippen LogP contribution in [0.5, 0.6) is 0 Å². The van der Waals surface area contributed by atoms with Crippen molar-refractivity contribution in [2.45, 2.75) is 19.8 Å². The van der Waals surface area contributed by atoms with Gasteiger partial charge in [-0.25, -0.2) is 0 Å². The first-order valence-electron chi connectivity index (χ1n) is 5.62. The highest BCUT2D eigenvalue weighted by Gasteiger charge is 2.08. The number of rotatable bonds is 5. The van der Waals surface area contributed by atoms with Gasteiger partial charge in [0.05, 0.1) is 9.92 Å². The van der Waals surface area contributed by atoms with Crippen molar-refractivity contribution in [3.63, 3.8) is 0 Å². The highest BCUT2D eigenvalue weighted by Crippen LogP contribution is 2.32. The molecule has 1 aromatic carbocycles. The fourth-order valence-corrected chi connectivity index (χ4v) is 2.59. The zero-order valence-electron chi connectivity index (χ0n) is 9.60. The van der Waals surface area contributed by atoms with Gasteiger partial charge in [0.15, 0.2) is 0 Å². The van der Waals surface area contributed by atoms with Crippen LogP contribution in [-0.2, 0) is 0 Å². The van der Waals surface area contributed by atoms with Crippen LogP contribution in [0.15, 0.2) is 24.3 Å². The van der Waals surface area contributed by atoms with Gasteiger partial charge in [-0.2, -0.15) is 0 Å². The van der Waals surface area contributed by atoms with Crippen LogP contribution in [0.1, 0.15) is 19.8 Å². The maximum Gasteiger partial charge on any atom is 0.270 e. The van der Waals surface area contributed by atoms with Crippen molar-refractivity contribution < 1.29 is 4.92 Å². The summed E-state index contributed by atoms with van der Waals surface area (Å²) in [5, 5.41) is 16.0. The zero-order valence-corrected chi connectivity index (χ0v) is 10.4. The second-order valence-corrected chi connectivity index (χ2v) is 4.95. The van der Waals surface area contributed by atoms with Crippen LogP contribution in [0.3, 0.4) is 0 Å². The van der Waals surface area contributed by atoms with Gasteiger partial charge in [0.25, 0.3) is 5.69 Å². The van der Waals surface area contributed by atoms with Gasteiger partial charge in [0.1, 0.15) is 0 Å². The number of hydrogen-bond acceptors (Lipinski definition) is 4. The Hall–Kier alpha value is -1.62. The number of benzene rings is 1. The van der Waals surface area contributed by atoms with E-state index < -0.39 is 0 Å². The first-order valence-corrected chi connectivity index (χ1v) is 6.44. The highest BCUT2D eigenvalue weighted by molar-refractivity contribution is 7.22. The van der Waals surface area contributed by atoms with Gasteiger partial charge in [-0.15, -0.1) is 11.3 Å². The molecule has 5 heteroatoms. The molecule has 0 radical (unpaired) electrons. The summed E-state index contributed by atoms with van der Waals surface area (Å²) in [4.78, 5) is 10.3. The van der Waals surface area contributed by atoms with E-state index in [2.05, 4.69) is 12.2 Å². The number of thiophene rings is 1. The third kappa shape index (κ3) is 2.74. The van der Waals surface area contributed by atoms with Crippen molar-refractivity contribution in [2.75, 3.05) is 11.9 Å². The van der Waals surface area contributed by atoms with E-state index >= 15 is 0 Å². The number of anilines is 1. The average Bonchev–Trinajstić information content (AvgIpc) is 2.70. The van der Waals surface area contributed by atoms with Crippen molar-refractivity contribution in [2.24, 2.45) is 0 Å². The van der Waals surface area contributed by atoms with Gasteiger partial charge < -0.3 is 5.32 Å². The van der Waals surface area contributed by atoms with E-state index in [-0.39, 0.29) is 10.6 Å². The van der Waals surface area contributed by atoms with Crippen LogP contribution >= 0.6 is 11.3 Å². The van der Waals surface area contributed by atoms with E-state index in [1.807, 2.05) is 12.1 Å². The Morgan fingerprint density at radius 3 is 2.94 bits per heavy atom. The number of fused-ring (bicyclic) bond motifs is 1. The summed E-state index contributed by atoms with van der Waals surface area (Å²) in [6.45, 7) is 3.10. The van der Waals surface area contributed by atoms with Crippen molar-refractivity contribution in [1.82, 2.24) is 0 Å². The zero-order chi connectivity index (χ0) is 12.3. The monoisotopic (exact) mass is 250 g/mol. The van der Waals surface area contributed by atoms with Crippen LogP contribution in [0, 0.1) is 10.1 Å². The maximum atomic E-state index is 10.7. The first-order chi connectivity index (χ1) is 8.20. The van der Waals surface area contributed by atoms with Crippen LogP contribution < -0.4 is 5.32 Å². The van der Waals surface area contributed by atoms with Gasteiger partial charge in [0.2, 0.25) is 0 Å². The molecule has 17 heavy (non-hydrogen) atoms. The molecule has 1 aromatic heterocycles. The molecule has 0 saturated heterocycles. The van der Waals surface area contributed by atoms with E-state index in [1.54, 1.807) is 23.5 Å². The Morgan fingerprint density at radius 2 is 2.24 bits per heavy atom. The Morgan fingerprint density at radius 1 is 1.41 bits per heavy atom. The lowest BCUT2D eigenvalue weighted by atomic mass is 10.2. The van der Waals surface area contributed by atoms with Crippen molar-refractivity contribution >= 4 is 32.1 Å². The van der Waals surface area contributed by atoms with E-state index in [1.165, 1.54) is 0 Å². The Bertz CT molecular complexity index is 536. The quantitative estimate of drug-likeness (QED) is 0.495. The number of nitrogens with one attached hydrogen (secondary N) is 1. The molecule has 0 aliphatic carbocycles. The molecule has 1 heterocycles. The summed E-state index contributed by atoms with van der Waals surface area (Å²) in [5.74, 6) is 0. The minimum Gasteiger partial charge on any atom is -0.377 e. The number of nitrogens with zero attached hydrogens (tertiary/aromatic N) is 1. The topological polar surface area (TPSA) is 55.2 Å². The van der Waals surface area contributed by atoms with Gasteiger partial charge >= 0.3 is 0 Å². The normalized spacial score (nSPS) is 10.6. The molecule has 0 spiro atoms. The molecule has 0 unspecified atom stereocenters. The minimum absolute atomic E-state index is 0.149. The average molecular weight is 250 g/mol. The van der Waals surface area contributed by atoms with Crippen molar-refractivity contribution in [1.29, 1.82) is 0 Å². The largest absolute Gasteiger partial charge is 0.377 e. The third-order valence-electron chi connectivity index (χ3n) is 2.54. The lowest BCUT2D eigenvalue weighted by molar-refractivity contribution is -0.384. The summed E-state index contributed by atoms with van der Waals surface area (Å²) in [5.41, 5.74) is 0.149. The van der Waals surface area contributed by atoms with E-state index in [0.717, 1.165) is 34.5 Å². The lowest BCUT2D eigenvalue weighted by Crippen LogP contribution is -1.97. The van der Waals surface area contributed by atoms with E-state index in [9.17, 15) is 10.1 Å². The van der Waals surface area contributed by atoms with Crippen LogP contribution in [0.25, 0.3) is 10.1 Å². The molecule has 0 atom stereocenters. The summed E-state index contributed by atoms with van der Waals surface area (Å²) in [6.07, 6.45) is 2.29. The van der Waals surface area contributed by atoms with Crippen LogP contribution in [0.4, 0.5) is 10.7 Å². The fourth-order valence-electron chi connectivity index (χ4n) is 1.62. The van der Waals surface area contributed by atoms with Gasteiger partial charge in [-0.05, 0) is 18.6 Å². The molecule has 1 N–H and O–H groups in total. The third-order valence-corrected chi connectivity index (χ3v) is 3.61. The molecule has 0 aliphatic rings. The molecule has 0 amide bonds. The molecule has 0 fully saturated rings. The number of nitro benzene ring substituents is 1. The summed E-state index contributed by atoms with van der Waals surface area (Å²) in [7, 11) is 0. The number of non-ortho nitro benzene ring substituents is 1. The smallest absolute Gasteiger partial charge is 0.270 e. The molecule has 4 nitrogen and oxygen atoms in total. The molecule has 2 aromatic rings. The second kappa shape index (κ2) is 5.14. The molecule has 0 bridgehead atoms. The Balaban J connectivity index is 2.21. The molecular formula is C12H14N2O2S. The minimum atomic E-state index is -0.360. The summed E-state index contributed by atoms with van der Waals surface area (Å²) in [6, 6.07) is 6.96. The van der Waals surface area contributed by atoms with E-state index in [0.29, 0.717) is 0 Å². The fraction of sp³-hybridized carbons (Fsp3) is 0.333. The molecular weight excluding hydrogens is 236 g/mol. The van der Waals surface area contributed by atoms with Crippen molar-refractivity contribution in [3.05, 3.63) is 34.4 Å².